The molecule has 0 fully saturated rings. The van der Waals surface area contributed by atoms with Gasteiger partial charge in [0.15, 0.2) is 6.10 Å². The monoisotopic (exact) mass is 320 g/mol. The Kier molecular flexibility index (Phi) is 4.92. The molecule has 0 saturated carbocycles. The molecule has 0 radical (unpaired) electrons. The molecule has 24 heavy (non-hydrogen) atoms. The molecular weight excluding hydrogens is 300 g/mol. The molecule has 0 aliphatic carbocycles. The van der Waals surface area contributed by atoms with E-state index in [0.717, 1.165) is 16.5 Å². The van der Waals surface area contributed by atoms with Crippen molar-refractivity contribution in [2.45, 2.75) is 19.1 Å². The zero-order chi connectivity index (χ0) is 16.9. The highest BCUT2D eigenvalue weighted by molar-refractivity contribution is 5.83. The van der Waals surface area contributed by atoms with Crippen LogP contribution in [0.5, 0.6) is 0 Å². The maximum absolute atomic E-state index is 12.5. The van der Waals surface area contributed by atoms with Gasteiger partial charge in [-0.05, 0) is 34.9 Å². The Labute approximate surface area is 141 Å². The van der Waals surface area contributed by atoms with E-state index in [1.807, 2.05) is 61.5 Å². The summed E-state index contributed by atoms with van der Waals surface area (Å²) in [5.74, 6) is -0.385. The first kappa shape index (κ1) is 16.2. The average molecular weight is 320 g/mol. The van der Waals surface area contributed by atoms with Crippen molar-refractivity contribution in [1.82, 2.24) is 0 Å². The molecule has 3 aromatic rings. The summed E-state index contributed by atoms with van der Waals surface area (Å²) in [6, 6.07) is 23.6. The molecule has 122 valence electrons. The van der Waals surface area contributed by atoms with E-state index in [-0.39, 0.29) is 12.1 Å². The van der Waals surface area contributed by atoms with Crippen molar-refractivity contribution in [3.8, 4) is 0 Å². The van der Waals surface area contributed by atoms with Crippen molar-refractivity contribution in [2.75, 3.05) is 7.11 Å². The molecule has 3 aromatic carbocycles. The van der Waals surface area contributed by atoms with Crippen LogP contribution in [0.15, 0.2) is 72.8 Å². The lowest BCUT2D eigenvalue weighted by Gasteiger charge is -2.19. The zero-order valence-corrected chi connectivity index (χ0v) is 13.8. The van der Waals surface area contributed by atoms with Crippen molar-refractivity contribution in [2.24, 2.45) is 0 Å². The summed E-state index contributed by atoms with van der Waals surface area (Å²) in [7, 11) is 1.51. The van der Waals surface area contributed by atoms with Gasteiger partial charge in [0, 0.05) is 7.11 Å². The van der Waals surface area contributed by atoms with Crippen molar-refractivity contribution in [3.63, 3.8) is 0 Å². The van der Waals surface area contributed by atoms with Gasteiger partial charge in [-0.1, -0.05) is 66.7 Å². The highest BCUT2D eigenvalue weighted by Crippen LogP contribution is 2.26. The van der Waals surface area contributed by atoms with Crippen LogP contribution in [0.4, 0.5) is 0 Å². The summed E-state index contributed by atoms with van der Waals surface area (Å²) >= 11 is 0. The molecule has 0 heterocycles. The van der Waals surface area contributed by atoms with Crippen LogP contribution in [-0.4, -0.2) is 13.1 Å². The second-order valence-electron chi connectivity index (χ2n) is 5.71. The highest BCUT2D eigenvalue weighted by Gasteiger charge is 2.24. The smallest absolute Gasteiger partial charge is 0.340 e. The van der Waals surface area contributed by atoms with Crippen molar-refractivity contribution in [3.05, 3.63) is 83.9 Å². The van der Waals surface area contributed by atoms with Crippen molar-refractivity contribution in [1.29, 1.82) is 0 Å². The number of hydrogen-bond acceptors (Lipinski definition) is 3. The molecule has 0 spiro atoms. The van der Waals surface area contributed by atoms with Crippen LogP contribution in [-0.2, 0) is 14.3 Å². The Morgan fingerprint density at radius 2 is 1.50 bits per heavy atom. The minimum Gasteiger partial charge on any atom is -0.456 e. The molecule has 0 saturated heterocycles. The number of benzene rings is 3. The largest absolute Gasteiger partial charge is 0.456 e. The van der Waals surface area contributed by atoms with Crippen molar-refractivity contribution < 1.29 is 14.3 Å². The predicted molar refractivity (Wildman–Crippen MR) is 94.6 cm³/mol. The lowest BCUT2D eigenvalue weighted by atomic mass is 10.0. The fourth-order valence-corrected chi connectivity index (χ4v) is 2.76. The van der Waals surface area contributed by atoms with E-state index in [4.69, 9.17) is 9.47 Å². The van der Waals surface area contributed by atoms with E-state index < -0.39 is 6.10 Å². The SMILES string of the molecule is CO[C@H](C(=O)O[C@@H](C)c1ccc2ccccc2c1)c1ccccc1. The van der Waals surface area contributed by atoms with Gasteiger partial charge >= 0.3 is 5.97 Å². The highest BCUT2D eigenvalue weighted by atomic mass is 16.6. The van der Waals surface area contributed by atoms with E-state index in [9.17, 15) is 4.79 Å². The standard InChI is InChI=1S/C21H20O3/c1-15(18-13-12-16-8-6-7-11-19(16)14-18)24-21(22)20(23-2)17-9-4-3-5-10-17/h3-15,20H,1-2H3/t15-,20-/m0/s1. The van der Waals surface area contributed by atoms with Gasteiger partial charge in [0.2, 0.25) is 0 Å². The molecule has 0 aliphatic rings. The number of hydrogen-bond donors (Lipinski definition) is 0. The molecule has 0 amide bonds. The van der Waals surface area contributed by atoms with Crippen LogP contribution in [0.3, 0.4) is 0 Å². The summed E-state index contributed by atoms with van der Waals surface area (Å²) in [5, 5.41) is 2.29. The van der Waals surface area contributed by atoms with Crippen LogP contribution in [0, 0.1) is 0 Å². The van der Waals surface area contributed by atoms with Crippen LogP contribution < -0.4 is 0 Å². The van der Waals surface area contributed by atoms with E-state index in [1.165, 1.54) is 12.5 Å². The lowest BCUT2D eigenvalue weighted by molar-refractivity contribution is -0.161. The zero-order valence-electron chi connectivity index (χ0n) is 13.8. The van der Waals surface area contributed by atoms with Gasteiger partial charge in [-0.25, -0.2) is 4.79 Å². The molecule has 2 atom stereocenters. The molecule has 0 unspecified atom stereocenters. The van der Waals surface area contributed by atoms with Gasteiger partial charge in [0.1, 0.15) is 6.10 Å². The van der Waals surface area contributed by atoms with Crippen LogP contribution in [0.1, 0.15) is 30.3 Å². The Bertz CT molecular complexity index is 827. The van der Waals surface area contributed by atoms with Crippen LogP contribution in [0.2, 0.25) is 0 Å². The number of rotatable bonds is 5. The number of esters is 1. The van der Waals surface area contributed by atoms with Gasteiger partial charge in [0.05, 0.1) is 0 Å². The summed E-state index contributed by atoms with van der Waals surface area (Å²) in [6.07, 6.45) is -1.06. The van der Waals surface area contributed by atoms with Crippen LogP contribution in [0.25, 0.3) is 10.8 Å². The van der Waals surface area contributed by atoms with Crippen molar-refractivity contribution >= 4 is 16.7 Å². The number of fused-ring (bicyclic) bond motifs is 1. The van der Waals surface area contributed by atoms with E-state index >= 15 is 0 Å². The molecule has 0 aliphatic heterocycles. The maximum Gasteiger partial charge on any atom is 0.340 e. The minimum atomic E-state index is -0.714. The van der Waals surface area contributed by atoms with E-state index in [0.29, 0.717) is 0 Å². The number of carbonyl (C=O) groups excluding carboxylic acids is 1. The predicted octanol–water partition coefficient (Wildman–Crippen LogP) is 4.83. The van der Waals surface area contributed by atoms with Gasteiger partial charge < -0.3 is 9.47 Å². The van der Waals surface area contributed by atoms with Gasteiger partial charge in [-0.2, -0.15) is 0 Å². The Balaban J connectivity index is 1.77. The van der Waals surface area contributed by atoms with E-state index in [2.05, 4.69) is 18.2 Å². The Morgan fingerprint density at radius 3 is 2.21 bits per heavy atom. The summed E-state index contributed by atoms with van der Waals surface area (Å²) in [4.78, 5) is 12.5. The molecule has 0 aromatic heterocycles. The molecule has 0 N–H and O–H groups in total. The molecule has 3 nitrogen and oxygen atoms in total. The van der Waals surface area contributed by atoms with Gasteiger partial charge in [-0.3, -0.25) is 0 Å². The number of methoxy groups -OCH3 is 1. The molecular formula is C21H20O3. The third kappa shape index (κ3) is 3.47. The fourth-order valence-electron chi connectivity index (χ4n) is 2.76. The van der Waals surface area contributed by atoms with E-state index in [1.54, 1.807) is 0 Å². The second-order valence-corrected chi connectivity index (χ2v) is 5.71. The molecule has 3 rings (SSSR count). The summed E-state index contributed by atoms with van der Waals surface area (Å²) in [5.41, 5.74) is 1.75. The topological polar surface area (TPSA) is 35.5 Å². The first-order valence-electron chi connectivity index (χ1n) is 7.96. The lowest BCUT2D eigenvalue weighted by Crippen LogP contribution is -2.19. The second kappa shape index (κ2) is 7.28. The first-order chi connectivity index (χ1) is 11.7. The Hall–Kier alpha value is -2.65. The van der Waals surface area contributed by atoms with Gasteiger partial charge in [0.25, 0.3) is 0 Å². The summed E-state index contributed by atoms with van der Waals surface area (Å²) in [6.45, 7) is 1.87. The minimum absolute atomic E-state index is 0.344. The fraction of sp³-hybridized carbons (Fsp3) is 0.190. The number of ether oxygens (including phenoxy) is 2. The van der Waals surface area contributed by atoms with Crippen LogP contribution >= 0.6 is 0 Å². The quantitative estimate of drug-likeness (QED) is 0.632. The first-order valence-corrected chi connectivity index (χ1v) is 7.96. The maximum atomic E-state index is 12.5. The normalized spacial score (nSPS) is 13.4. The molecule has 3 heteroatoms. The van der Waals surface area contributed by atoms with Gasteiger partial charge in [-0.15, -0.1) is 0 Å². The summed E-state index contributed by atoms with van der Waals surface area (Å²) < 4.78 is 11.0. The average Bonchev–Trinajstić information content (AvgIpc) is 2.62. The molecule has 0 bridgehead atoms. The Morgan fingerprint density at radius 1 is 0.833 bits per heavy atom. The third-order valence-corrected chi connectivity index (χ3v) is 4.09. The third-order valence-electron chi connectivity index (χ3n) is 4.09. The number of carbonyl (C=O) groups is 1.